The summed E-state index contributed by atoms with van der Waals surface area (Å²) in [6, 6.07) is 10.5. The van der Waals surface area contributed by atoms with Crippen LogP contribution in [0.25, 0.3) is 10.9 Å². The molecule has 1 fully saturated rings. The Morgan fingerprint density at radius 1 is 1.18 bits per heavy atom. The number of halogens is 1. The van der Waals surface area contributed by atoms with Gasteiger partial charge >= 0.3 is 6.09 Å². The van der Waals surface area contributed by atoms with E-state index in [-0.39, 0.29) is 17.3 Å². The number of amides is 1. The number of rotatable bonds is 6. The lowest BCUT2D eigenvalue weighted by molar-refractivity contribution is 0.00341. The van der Waals surface area contributed by atoms with Crippen LogP contribution in [0.2, 0.25) is 0 Å². The molecule has 1 aliphatic rings. The number of nitrogens with zero attached hydrogens (tertiary/aromatic N) is 2. The smallest absolute Gasteiger partial charge is 0.410 e. The van der Waals surface area contributed by atoms with Crippen molar-refractivity contribution < 1.29 is 23.4 Å². The number of hydrogen-bond donors (Lipinski definition) is 1. The molecular formula is C26H32FN3O4. The molecule has 0 saturated carbocycles. The fraction of sp³-hybridized carbons (Fsp3) is 0.462. The van der Waals surface area contributed by atoms with Crippen LogP contribution in [0.3, 0.4) is 0 Å². The van der Waals surface area contributed by atoms with Crippen molar-refractivity contribution in [1.82, 2.24) is 15.1 Å². The molecule has 0 unspecified atom stereocenters. The minimum Gasteiger partial charge on any atom is -0.497 e. The molecule has 7 nitrogen and oxygen atoms in total. The van der Waals surface area contributed by atoms with Gasteiger partial charge in [-0.3, -0.25) is 5.10 Å². The molecule has 1 aliphatic heterocycles. The highest BCUT2D eigenvalue weighted by Gasteiger charge is 2.39. The highest BCUT2D eigenvalue weighted by molar-refractivity contribution is 5.82. The van der Waals surface area contributed by atoms with Crippen molar-refractivity contribution in [3.8, 4) is 5.75 Å². The van der Waals surface area contributed by atoms with Crippen molar-refractivity contribution in [3.63, 3.8) is 0 Å². The van der Waals surface area contributed by atoms with Crippen LogP contribution in [-0.2, 0) is 21.5 Å². The first kappa shape index (κ1) is 24.0. The average molecular weight is 470 g/mol. The van der Waals surface area contributed by atoms with Gasteiger partial charge in [0.2, 0.25) is 0 Å². The molecule has 3 aromatic rings. The molecule has 1 N–H and O–H groups in total. The Kier molecular flexibility index (Phi) is 6.79. The van der Waals surface area contributed by atoms with Crippen LogP contribution in [0.5, 0.6) is 5.75 Å². The summed E-state index contributed by atoms with van der Waals surface area (Å²) in [6.45, 7) is 7.48. The fourth-order valence-electron chi connectivity index (χ4n) is 4.45. The summed E-state index contributed by atoms with van der Waals surface area (Å²) < 4.78 is 30.9. The third kappa shape index (κ3) is 5.33. The molecule has 1 aromatic heterocycles. The second-order valence-corrected chi connectivity index (χ2v) is 9.87. The van der Waals surface area contributed by atoms with Crippen molar-refractivity contribution in [1.29, 1.82) is 0 Å². The van der Waals surface area contributed by atoms with E-state index in [0.717, 1.165) is 27.8 Å². The van der Waals surface area contributed by atoms with E-state index in [1.165, 1.54) is 12.1 Å². The molecule has 0 atom stereocenters. The van der Waals surface area contributed by atoms with Crippen molar-refractivity contribution in [2.45, 2.75) is 51.2 Å². The number of carbonyl (C=O) groups excluding carboxylic acids is 1. The Bertz CT molecular complexity index is 1130. The van der Waals surface area contributed by atoms with Crippen molar-refractivity contribution in [3.05, 3.63) is 59.5 Å². The van der Waals surface area contributed by atoms with Crippen molar-refractivity contribution in [2.75, 3.05) is 26.8 Å². The van der Waals surface area contributed by atoms with Gasteiger partial charge in [-0.1, -0.05) is 12.1 Å². The third-order valence-electron chi connectivity index (χ3n) is 6.30. The number of aromatic amines is 1. The topological polar surface area (TPSA) is 76.7 Å². The number of fused-ring (bicyclic) bond motifs is 1. The highest BCUT2D eigenvalue weighted by atomic mass is 19.1. The van der Waals surface area contributed by atoms with E-state index >= 15 is 0 Å². The molecule has 8 heteroatoms. The van der Waals surface area contributed by atoms with Gasteiger partial charge in [-0.15, -0.1) is 0 Å². The first-order valence-corrected chi connectivity index (χ1v) is 11.5. The summed E-state index contributed by atoms with van der Waals surface area (Å²) in [7, 11) is 1.63. The molecule has 2 aromatic carbocycles. The van der Waals surface area contributed by atoms with Crippen LogP contribution < -0.4 is 4.74 Å². The van der Waals surface area contributed by atoms with Crippen LogP contribution in [-0.4, -0.2) is 53.6 Å². The highest BCUT2D eigenvalue weighted by Crippen LogP contribution is 2.37. The lowest BCUT2D eigenvalue weighted by atomic mass is 9.73. The second-order valence-electron chi connectivity index (χ2n) is 9.87. The SMILES string of the molecule is COc1cc(COCC2(c3ccc(F)cc3)CCN(C(=O)OC(C)(C)C)CC2)c2[nH]ncc2c1. The molecule has 34 heavy (non-hydrogen) atoms. The van der Waals surface area contributed by atoms with Crippen LogP contribution in [0.1, 0.15) is 44.7 Å². The quantitative estimate of drug-likeness (QED) is 0.537. The summed E-state index contributed by atoms with van der Waals surface area (Å²) >= 11 is 0. The Balaban J connectivity index is 1.50. The van der Waals surface area contributed by atoms with Crippen LogP contribution in [0, 0.1) is 5.82 Å². The fourth-order valence-corrected chi connectivity index (χ4v) is 4.45. The first-order valence-electron chi connectivity index (χ1n) is 11.5. The maximum absolute atomic E-state index is 13.6. The number of benzene rings is 2. The zero-order valence-electron chi connectivity index (χ0n) is 20.2. The summed E-state index contributed by atoms with van der Waals surface area (Å²) in [6.07, 6.45) is 2.83. The van der Waals surface area contributed by atoms with E-state index in [4.69, 9.17) is 14.2 Å². The van der Waals surface area contributed by atoms with E-state index in [0.29, 0.717) is 39.1 Å². The second kappa shape index (κ2) is 9.62. The summed E-state index contributed by atoms with van der Waals surface area (Å²) in [4.78, 5) is 14.3. The van der Waals surface area contributed by atoms with Gasteiger partial charge < -0.3 is 19.1 Å². The first-order chi connectivity index (χ1) is 16.2. The minimum absolute atomic E-state index is 0.274. The van der Waals surface area contributed by atoms with Crippen LogP contribution >= 0.6 is 0 Å². The lowest BCUT2D eigenvalue weighted by Gasteiger charge is -2.42. The van der Waals surface area contributed by atoms with E-state index in [1.807, 2.05) is 45.0 Å². The van der Waals surface area contributed by atoms with E-state index in [2.05, 4.69) is 10.2 Å². The van der Waals surface area contributed by atoms with Crippen molar-refractivity contribution in [2.24, 2.45) is 0 Å². The predicted octanol–water partition coefficient (Wildman–Crippen LogP) is 5.20. The minimum atomic E-state index is -0.541. The molecule has 4 rings (SSSR count). The molecule has 1 amide bonds. The van der Waals surface area contributed by atoms with E-state index in [1.54, 1.807) is 18.2 Å². The lowest BCUT2D eigenvalue weighted by Crippen LogP contribution is -2.48. The molecule has 0 radical (unpaired) electrons. The van der Waals surface area contributed by atoms with E-state index < -0.39 is 5.60 Å². The zero-order valence-corrected chi connectivity index (χ0v) is 20.2. The molecular weight excluding hydrogens is 437 g/mol. The number of nitrogens with one attached hydrogen (secondary N) is 1. The average Bonchev–Trinajstić information content (AvgIpc) is 3.27. The standard InChI is InChI=1S/C26H32FN3O4/c1-25(2,3)34-24(31)30-11-9-26(10-12-30,20-5-7-21(27)8-6-20)17-33-16-19-14-22(32-4)13-18-15-28-29-23(18)19/h5-8,13-15H,9-12,16-17H2,1-4H3,(H,28,29). The van der Waals surface area contributed by atoms with Crippen LogP contribution in [0.4, 0.5) is 9.18 Å². The van der Waals surface area contributed by atoms with Gasteiger partial charge in [-0.25, -0.2) is 9.18 Å². The van der Waals surface area contributed by atoms with Gasteiger partial charge in [-0.2, -0.15) is 5.10 Å². The van der Waals surface area contributed by atoms with Gasteiger partial charge in [-0.05, 0) is 63.4 Å². The summed E-state index contributed by atoms with van der Waals surface area (Å²) in [5.41, 5.74) is 2.00. The van der Waals surface area contributed by atoms with Crippen LogP contribution in [0.15, 0.2) is 42.6 Å². The number of aromatic nitrogens is 2. The number of H-pyrrole nitrogens is 1. The van der Waals surface area contributed by atoms with Gasteiger partial charge in [0.15, 0.2) is 0 Å². The largest absolute Gasteiger partial charge is 0.497 e. The van der Waals surface area contributed by atoms with Gasteiger partial charge in [0, 0.05) is 29.5 Å². The molecule has 2 heterocycles. The maximum atomic E-state index is 13.6. The Hall–Kier alpha value is -3.13. The molecule has 182 valence electrons. The molecule has 1 saturated heterocycles. The Morgan fingerprint density at radius 2 is 1.88 bits per heavy atom. The van der Waals surface area contributed by atoms with Gasteiger partial charge in [0.05, 0.1) is 32.0 Å². The number of methoxy groups -OCH3 is 1. The third-order valence-corrected chi connectivity index (χ3v) is 6.30. The predicted molar refractivity (Wildman–Crippen MR) is 127 cm³/mol. The van der Waals surface area contributed by atoms with Gasteiger partial charge in [0.1, 0.15) is 17.2 Å². The van der Waals surface area contributed by atoms with Gasteiger partial charge in [0.25, 0.3) is 0 Å². The van der Waals surface area contributed by atoms with Crippen molar-refractivity contribution >= 4 is 17.0 Å². The normalized spacial score (nSPS) is 16.0. The molecule has 0 bridgehead atoms. The number of piperidine rings is 1. The number of ether oxygens (including phenoxy) is 3. The zero-order chi connectivity index (χ0) is 24.3. The van der Waals surface area contributed by atoms with E-state index in [9.17, 15) is 9.18 Å². The number of carbonyl (C=O) groups is 1. The summed E-state index contributed by atoms with van der Waals surface area (Å²) in [5, 5.41) is 8.12. The monoisotopic (exact) mass is 469 g/mol. The molecule has 0 aliphatic carbocycles. The Labute approximate surface area is 199 Å². The molecule has 0 spiro atoms. The Morgan fingerprint density at radius 3 is 2.53 bits per heavy atom. The number of likely N-dealkylation sites (tertiary alicyclic amines) is 1. The maximum Gasteiger partial charge on any atom is 0.410 e. The number of hydrogen-bond acceptors (Lipinski definition) is 5. The summed E-state index contributed by atoms with van der Waals surface area (Å²) in [5.74, 6) is 0.468.